The van der Waals surface area contributed by atoms with Gasteiger partial charge in [-0.25, -0.2) is 4.98 Å². The minimum atomic E-state index is -0.0890. The monoisotopic (exact) mass is 1070 g/mol. The molecule has 0 bridgehead atoms. The van der Waals surface area contributed by atoms with Crippen LogP contribution in [0.2, 0.25) is 0 Å². The maximum absolute atomic E-state index is 7.02. The highest BCUT2D eigenvalue weighted by molar-refractivity contribution is 6.98. The summed E-state index contributed by atoms with van der Waals surface area (Å²) in [5.74, 6) is 5.67. The number of para-hydroxylation sites is 1. The number of hydrogen-bond donors (Lipinski definition) is 0. The van der Waals surface area contributed by atoms with Gasteiger partial charge >= 0.3 is 0 Å². The van der Waals surface area contributed by atoms with Crippen LogP contribution in [0.5, 0.6) is 34.5 Å². The number of pyridine rings is 1. The number of fused-ring (bicyclic) bond motifs is 7. The Labute approximate surface area is 480 Å². The molecule has 0 spiro atoms. The summed E-state index contributed by atoms with van der Waals surface area (Å²) in [6.07, 6.45) is 9.70. The third kappa shape index (κ3) is 8.94. The molecule has 400 valence electrons. The Morgan fingerprint density at radius 3 is 1.70 bits per heavy atom. The Morgan fingerprint density at radius 2 is 1.07 bits per heavy atom. The highest BCUT2D eigenvalue weighted by atomic mass is 16.5. The normalized spacial score (nSPS) is 12.9. The molecule has 14 rings (SSSR count). The highest BCUT2D eigenvalue weighted by Gasteiger charge is 2.41. The number of aromatic nitrogens is 4. The molecule has 5 heterocycles. The molecule has 0 radical (unpaired) electrons. The van der Waals surface area contributed by atoms with Gasteiger partial charge in [0.05, 0.1) is 22.4 Å². The van der Waals surface area contributed by atoms with Crippen molar-refractivity contribution in [3.63, 3.8) is 0 Å². The van der Waals surface area contributed by atoms with Gasteiger partial charge in [0.25, 0.3) is 13.0 Å². The zero-order valence-corrected chi connectivity index (χ0v) is 47.9. The number of rotatable bonds is 8. The molecule has 2 aliphatic heterocycles. The van der Waals surface area contributed by atoms with Crippen LogP contribution in [0.25, 0.3) is 72.4 Å². The molecule has 0 atom stereocenters. The van der Waals surface area contributed by atoms with Crippen LogP contribution in [0.15, 0.2) is 219 Å². The van der Waals surface area contributed by atoms with Crippen LogP contribution in [0.1, 0.15) is 79.0 Å². The van der Waals surface area contributed by atoms with Gasteiger partial charge in [-0.05, 0) is 156 Å². The Morgan fingerprint density at radius 1 is 0.476 bits per heavy atom. The molecule has 0 saturated heterocycles. The first-order valence-electron chi connectivity index (χ1n) is 28.4. The van der Waals surface area contributed by atoms with E-state index in [4.69, 9.17) is 19.2 Å². The molecule has 3 aromatic heterocycles. The van der Waals surface area contributed by atoms with Crippen molar-refractivity contribution in [1.82, 2.24) is 14.1 Å². The molecular weight excluding hydrogens is 1000 g/mol. The third-order valence-corrected chi connectivity index (χ3v) is 16.5. The first-order valence-corrected chi connectivity index (χ1v) is 28.4. The van der Waals surface area contributed by atoms with Crippen LogP contribution in [0.4, 0.5) is 0 Å². The van der Waals surface area contributed by atoms with E-state index in [1.54, 1.807) is 0 Å². The highest BCUT2D eigenvalue weighted by Crippen LogP contribution is 2.43. The fraction of sp³-hybridized carbons (Fsp3) is 0.162. The molecule has 12 aromatic rings. The third-order valence-electron chi connectivity index (χ3n) is 16.5. The van der Waals surface area contributed by atoms with E-state index in [9.17, 15) is 0 Å². The fourth-order valence-corrected chi connectivity index (χ4v) is 12.0. The van der Waals surface area contributed by atoms with E-state index in [0.717, 1.165) is 112 Å². The number of ether oxygens (including phenoxy) is 3. The van der Waals surface area contributed by atoms with Crippen molar-refractivity contribution < 1.29 is 18.8 Å². The molecular formula is C74H63BN4O3. The van der Waals surface area contributed by atoms with Crippen molar-refractivity contribution in [1.29, 1.82) is 0 Å². The lowest BCUT2D eigenvalue weighted by Gasteiger charge is -2.35. The zero-order valence-electron chi connectivity index (χ0n) is 47.9. The van der Waals surface area contributed by atoms with E-state index >= 15 is 0 Å². The molecule has 0 saturated carbocycles. The lowest BCUT2D eigenvalue weighted by Crippen LogP contribution is -2.57. The first kappa shape index (κ1) is 50.8. The number of nitrogens with zero attached hydrogens (tertiary/aromatic N) is 4. The Hall–Kier alpha value is -9.40. The van der Waals surface area contributed by atoms with E-state index in [-0.39, 0.29) is 23.0 Å². The topological polar surface area (TPSA) is 54.3 Å². The van der Waals surface area contributed by atoms with Crippen LogP contribution in [-0.4, -0.2) is 20.8 Å². The summed E-state index contributed by atoms with van der Waals surface area (Å²) in [4.78, 5) is 5.05. The standard InChI is InChI=1S/C74H63BN4O3/c1-72(2,3)51-27-31-61-65(41-51)81-67-39-50(40-68-70(67)75(61)62-32-28-52(73(4,5)6)42-66(62)82-68)49-26-33-63-60(38-49)59-30-29-56(45-64(59)79(63)69-43-53(34-35-76-69)74(7,8)9)80-55-23-16-22-54(44-55)77-36-37-78(46-77)71-57(47-18-12-10-13-19-47)24-17-25-58(71)48-20-14-11-15-21-48/h10-45H,1-9H3. The van der Waals surface area contributed by atoms with Gasteiger partial charge in [-0.3, -0.25) is 13.7 Å². The van der Waals surface area contributed by atoms with Crippen molar-refractivity contribution >= 4 is 44.9 Å². The number of imidazole rings is 1. The Kier molecular flexibility index (Phi) is 11.9. The van der Waals surface area contributed by atoms with Crippen molar-refractivity contribution in [2.75, 3.05) is 0 Å². The van der Waals surface area contributed by atoms with E-state index in [0.29, 0.717) is 11.5 Å². The van der Waals surface area contributed by atoms with Crippen molar-refractivity contribution in [2.45, 2.75) is 78.6 Å². The molecule has 2 aliphatic rings. The summed E-state index contributed by atoms with van der Waals surface area (Å²) < 4.78 is 27.3. The number of hydrogen-bond acceptors (Lipinski definition) is 4. The van der Waals surface area contributed by atoms with Crippen molar-refractivity contribution in [3.05, 3.63) is 242 Å². The van der Waals surface area contributed by atoms with Crippen LogP contribution in [0.3, 0.4) is 0 Å². The fourth-order valence-electron chi connectivity index (χ4n) is 12.0. The maximum atomic E-state index is 7.02. The summed E-state index contributed by atoms with van der Waals surface area (Å²) in [6, 6.07) is 71.2. The van der Waals surface area contributed by atoms with Crippen molar-refractivity contribution in [3.8, 4) is 85.1 Å². The van der Waals surface area contributed by atoms with E-state index < -0.39 is 0 Å². The van der Waals surface area contributed by atoms with E-state index in [1.165, 1.54) is 16.7 Å². The van der Waals surface area contributed by atoms with Gasteiger partial charge in [-0.15, -0.1) is 0 Å². The van der Waals surface area contributed by atoms with Gasteiger partial charge in [0.15, 0.2) is 0 Å². The summed E-state index contributed by atoms with van der Waals surface area (Å²) in [7, 11) is 0. The van der Waals surface area contributed by atoms with Crippen molar-refractivity contribution in [2.24, 2.45) is 0 Å². The SMILES string of the molecule is CC(C)(C)c1ccnc(-n2c3ccc(-c4cc5c6c(c4)Oc4cc(C(C)(C)C)ccc4B6c4ccc(C(C)(C)C)cc4O5)cc3c3ccc(Oc4cccc(-n5[c-][n+](-c6c(-c7ccccc7)cccc6-c6ccccc6)cc5)c4)cc32)c1. The van der Waals surface area contributed by atoms with Gasteiger partial charge in [0.1, 0.15) is 40.3 Å². The Balaban J connectivity index is 0.855. The second kappa shape index (κ2) is 19.1. The lowest BCUT2D eigenvalue weighted by molar-refractivity contribution is -0.598. The molecule has 0 N–H and O–H groups in total. The first-order chi connectivity index (χ1) is 39.5. The second-order valence-electron chi connectivity index (χ2n) is 25.1. The smallest absolute Gasteiger partial charge is 0.268 e. The summed E-state index contributed by atoms with van der Waals surface area (Å²) in [5, 5.41) is 2.17. The maximum Gasteiger partial charge on any atom is 0.268 e. The molecule has 0 unspecified atom stereocenters. The average Bonchev–Trinajstić information content (AvgIpc) is 2.38. The van der Waals surface area contributed by atoms with Gasteiger partial charge in [0, 0.05) is 40.9 Å². The summed E-state index contributed by atoms with van der Waals surface area (Å²) in [6.45, 7) is 20.2. The van der Waals surface area contributed by atoms with Gasteiger partial charge < -0.3 is 14.2 Å². The quantitative estimate of drug-likeness (QED) is 0.0864. The summed E-state index contributed by atoms with van der Waals surface area (Å²) in [5.41, 5.74) is 17.4. The lowest BCUT2D eigenvalue weighted by atomic mass is 9.34. The summed E-state index contributed by atoms with van der Waals surface area (Å²) >= 11 is 0. The van der Waals surface area contributed by atoms with E-state index in [1.807, 2.05) is 29.1 Å². The molecule has 8 heteroatoms. The number of benzene rings is 9. The molecule has 82 heavy (non-hydrogen) atoms. The van der Waals surface area contributed by atoms with Crippen LogP contribution >= 0.6 is 0 Å². The van der Waals surface area contributed by atoms with E-state index in [2.05, 4.69) is 272 Å². The van der Waals surface area contributed by atoms with Gasteiger partial charge in [-0.2, -0.15) is 0 Å². The minimum Gasteiger partial charge on any atom is -0.458 e. The predicted molar refractivity (Wildman–Crippen MR) is 335 cm³/mol. The van der Waals surface area contributed by atoms with Crippen LogP contribution in [-0.2, 0) is 16.2 Å². The molecule has 7 nitrogen and oxygen atoms in total. The van der Waals surface area contributed by atoms with Crippen LogP contribution in [0, 0.1) is 6.33 Å². The predicted octanol–water partition coefficient (Wildman–Crippen LogP) is 16.5. The minimum absolute atomic E-state index is 0.0357. The molecule has 0 aliphatic carbocycles. The Bertz CT molecular complexity index is 4350. The van der Waals surface area contributed by atoms with Crippen LogP contribution < -0.4 is 35.2 Å². The second-order valence-corrected chi connectivity index (χ2v) is 25.1. The molecule has 9 aromatic carbocycles. The zero-order chi connectivity index (χ0) is 56.2. The average molecular weight is 1070 g/mol. The van der Waals surface area contributed by atoms with Gasteiger partial charge in [0.2, 0.25) is 0 Å². The molecule has 0 amide bonds. The molecule has 0 fully saturated rings. The van der Waals surface area contributed by atoms with Gasteiger partial charge in [-0.1, -0.05) is 178 Å². The largest absolute Gasteiger partial charge is 0.458 e.